The molecule has 6 heteroatoms. The number of pyridine rings is 1. The molecule has 0 unspecified atom stereocenters. The van der Waals surface area contributed by atoms with E-state index >= 15 is 0 Å². The van der Waals surface area contributed by atoms with Crippen LogP contribution in [-0.4, -0.2) is 17.4 Å². The molecule has 0 radical (unpaired) electrons. The van der Waals surface area contributed by atoms with E-state index in [1.807, 2.05) is 32.0 Å². The highest BCUT2D eigenvalue weighted by Gasteiger charge is 2.11. The van der Waals surface area contributed by atoms with Gasteiger partial charge in [-0.2, -0.15) is 0 Å². The van der Waals surface area contributed by atoms with E-state index in [1.165, 1.54) is 0 Å². The van der Waals surface area contributed by atoms with Gasteiger partial charge in [0.05, 0.1) is 5.52 Å². The van der Waals surface area contributed by atoms with Gasteiger partial charge in [0.15, 0.2) is 10.4 Å². The molecule has 0 saturated carbocycles. The fourth-order valence-electron chi connectivity index (χ4n) is 2.59. The molecule has 0 aliphatic heterocycles. The number of fused-ring (bicyclic) bond motifs is 1. The zero-order valence-corrected chi connectivity index (χ0v) is 15.0. The molecule has 0 atom stereocenters. The Bertz CT molecular complexity index is 972. The summed E-state index contributed by atoms with van der Waals surface area (Å²) in [7, 11) is 0. The predicted octanol–water partition coefficient (Wildman–Crippen LogP) is 3.47. The second-order valence-corrected chi connectivity index (χ2v) is 6.49. The highest BCUT2D eigenvalue weighted by atomic mass is 79.9. The number of amides is 1. The third kappa shape index (κ3) is 3.28. The first kappa shape index (κ1) is 16.5. The molecule has 3 rings (SSSR count). The molecule has 0 bridgehead atoms. The number of benzene rings is 1. The molecule has 5 nitrogen and oxygen atoms in total. The molecule has 3 aromatic rings. The Labute approximate surface area is 147 Å². The largest absolute Gasteiger partial charge is 0.444 e. The van der Waals surface area contributed by atoms with Crippen LogP contribution in [0.5, 0.6) is 0 Å². The molecular formula is C18H17BrN2O3. The van der Waals surface area contributed by atoms with Crippen LogP contribution < -0.4 is 10.9 Å². The van der Waals surface area contributed by atoms with Crippen molar-refractivity contribution in [2.75, 3.05) is 6.54 Å². The van der Waals surface area contributed by atoms with Crippen LogP contribution in [0.25, 0.3) is 10.9 Å². The first-order chi connectivity index (χ1) is 11.5. The number of rotatable bonds is 4. The van der Waals surface area contributed by atoms with Gasteiger partial charge in [-0.15, -0.1) is 0 Å². The van der Waals surface area contributed by atoms with E-state index in [-0.39, 0.29) is 17.2 Å². The quantitative estimate of drug-likeness (QED) is 0.718. The molecule has 1 aromatic carbocycles. The Kier molecular flexibility index (Phi) is 4.57. The Morgan fingerprint density at radius 3 is 2.75 bits per heavy atom. The highest BCUT2D eigenvalue weighted by Crippen LogP contribution is 2.19. The molecular weight excluding hydrogens is 372 g/mol. The van der Waals surface area contributed by atoms with Crippen molar-refractivity contribution in [3.8, 4) is 0 Å². The first-order valence-electron chi connectivity index (χ1n) is 7.61. The van der Waals surface area contributed by atoms with E-state index in [0.29, 0.717) is 23.2 Å². The molecule has 2 heterocycles. The van der Waals surface area contributed by atoms with Crippen molar-refractivity contribution in [2.24, 2.45) is 0 Å². The van der Waals surface area contributed by atoms with Crippen molar-refractivity contribution in [3.63, 3.8) is 0 Å². The van der Waals surface area contributed by atoms with E-state index in [4.69, 9.17) is 4.42 Å². The molecule has 2 aromatic heterocycles. The zero-order chi connectivity index (χ0) is 17.3. The van der Waals surface area contributed by atoms with Gasteiger partial charge in [-0.05, 0) is 70.9 Å². The van der Waals surface area contributed by atoms with Gasteiger partial charge in [-0.25, -0.2) is 0 Å². The Morgan fingerprint density at radius 2 is 2.04 bits per heavy atom. The summed E-state index contributed by atoms with van der Waals surface area (Å²) in [4.78, 5) is 27.1. The number of carbonyl (C=O) groups excluding carboxylic acids is 1. The second kappa shape index (κ2) is 6.65. The van der Waals surface area contributed by atoms with Crippen LogP contribution in [-0.2, 0) is 6.42 Å². The summed E-state index contributed by atoms with van der Waals surface area (Å²) < 4.78 is 5.69. The van der Waals surface area contributed by atoms with E-state index in [0.717, 1.165) is 22.0 Å². The Balaban J connectivity index is 1.74. The van der Waals surface area contributed by atoms with Gasteiger partial charge in [-0.1, -0.05) is 12.1 Å². The van der Waals surface area contributed by atoms with Crippen LogP contribution in [0.15, 0.2) is 44.2 Å². The van der Waals surface area contributed by atoms with Crippen LogP contribution >= 0.6 is 15.9 Å². The van der Waals surface area contributed by atoms with Gasteiger partial charge in [0, 0.05) is 12.1 Å². The summed E-state index contributed by atoms with van der Waals surface area (Å²) in [5, 5.41) is 3.74. The number of nitrogens with one attached hydrogen (secondary N) is 2. The van der Waals surface area contributed by atoms with Crippen LogP contribution in [0.4, 0.5) is 0 Å². The number of aromatic amines is 1. The lowest BCUT2D eigenvalue weighted by molar-refractivity contribution is 0.0925. The summed E-state index contributed by atoms with van der Waals surface area (Å²) >= 11 is 3.16. The highest BCUT2D eigenvalue weighted by molar-refractivity contribution is 9.10. The van der Waals surface area contributed by atoms with Crippen molar-refractivity contribution in [3.05, 3.63) is 67.8 Å². The summed E-state index contributed by atoms with van der Waals surface area (Å²) in [6.45, 7) is 4.37. The summed E-state index contributed by atoms with van der Waals surface area (Å²) in [5.41, 5.74) is 3.61. The van der Waals surface area contributed by atoms with Crippen LogP contribution in [0, 0.1) is 13.8 Å². The number of halogens is 1. The average Bonchev–Trinajstić information content (AvgIpc) is 2.99. The first-order valence-corrected chi connectivity index (χ1v) is 8.40. The minimum absolute atomic E-state index is 0.119. The number of hydrogen-bond donors (Lipinski definition) is 2. The van der Waals surface area contributed by atoms with E-state index in [2.05, 4.69) is 26.2 Å². The number of H-pyrrole nitrogens is 1. The average molecular weight is 389 g/mol. The molecule has 2 N–H and O–H groups in total. The molecule has 24 heavy (non-hydrogen) atoms. The second-order valence-electron chi connectivity index (χ2n) is 5.71. The predicted molar refractivity (Wildman–Crippen MR) is 96.5 cm³/mol. The number of carbonyl (C=O) groups is 1. The minimum atomic E-state index is -0.301. The van der Waals surface area contributed by atoms with Gasteiger partial charge in [0.1, 0.15) is 0 Å². The third-order valence-corrected chi connectivity index (χ3v) is 4.53. The zero-order valence-electron chi connectivity index (χ0n) is 13.4. The number of aryl methyl sites for hydroxylation is 2. The maximum absolute atomic E-state index is 12.3. The normalized spacial score (nSPS) is 11.0. The summed E-state index contributed by atoms with van der Waals surface area (Å²) in [6, 6.07) is 9.17. The van der Waals surface area contributed by atoms with Crippen LogP contribution in [0.3, 0.4) is 0 Å². The van der Waals surface area contributed by atoms with Crippen molar-refractivity contribution in [2.45, 2.75) is 20.3 Å². The molecule has 124 valence electrons. The Morgan fingerprint density at radius 1 is 1.25 bits per heavy atom. The van der Waals surface area contributed by atoms with Gasteiger partial charge in [-0.3, -0.25) is 9.59 Å². The van der Waals surface area contributed by atoms with Gasteiger partial charge in [0.2, 0.25) is 0 Å². The monoisotopic (exact) mass is 388 g/mol. The van der Waals surface area contributed by atoms with E-state index < -0.39 is 0 Å². The molecule has 0 aliphatic carbocycles. The molecule has 0 fully saturated rings. The smallest absolute Gasteiger partial charge is 0.287 e. The van der Waals surface area contributed by atoms with Crippen molar-refractivity contribution >= 4 is 32.7 Å². The fraction of sp³-hybridized carbons (Fsp3) is 0.222. The van der Waals surface area contributed by atoms with Gasteiger partial charge in [0.25, 0.3) is 11.5 Å². The lowest BCUT2D eigenvalue weighted by atomic mass is 10.0. The minimum Gasteiger partial charge on any atom is -0.444 e. The lowest BCUT2D eigenvalue weighted by Gasteiger charge is -2.08. The van der Waals surface area contributed by atoms with Crippen molar-refractivity contribution in [1.29, 1.82) is 0 Å². The number of hydrogen-bond acceptors (Lipinski definition) is 3. The molecule has 0 saturated heterocycles. The molecule has 0 spiro atoms. The van der Waals surface area contributed by atoms with Crippen molar-refractivity contribution in [1.82, 2.24) is 10.3 Å². The topological polar surface area (TPSA) is 75.1 Å². The van der Waals surface area contributed by atoms with E-state index in [1.54, 1.807) is 12.1 Å². The third-order valence-electron chi connectivity index (χ3n) is 4.10. The maximum atomic E-state index is 12.3. The van der Waals surface area contributed by atoms with Crippen LogP contribution in [0.1, 0.15) is 27.2 Å². The Hall–Kier alpha value is -2.34. The molecule has 0 aliphatic rings. The van der Waals surface area contributed by atoms with E-state index in [9.17, 15) is 9.59 Å². The number of furan rings is 1. The van der Waals surface area contributed by atoms with Gasteiger partial charge < -0.3 is 14.7 Å². The van der Waals surface area contributed by atoms with Gasteiger partial charge >= 0.3 is 0 Å². The number of aromatic nitrogens is 1. The maximum Gasteiger partial charge on any atom is 0.287 e. The summed E-state index contributed by atoms with van der Waals surface area (Å²) in [5.74, 6) is -0.0650. The SMILES string of the molecule is Cc1ccc2cc(CCNC(=O)c3ccc(Br)o3)c(=O)[nH]c2c1C. The fourth-order valence-corrected chi connectivity index (χ4v) is 2.90. The van der Waals surface area contributed by atoms with Crippen molar-refractivity contribution < 1.29 is 9.21 Å². The van der Waals surface area contributed by atoms with Crippen LogP contribution in [0.2, 0.25) is 0 Å². The standard InChI is InChI=1S/C18H17BrN2O3/c1-10-3-4-12-9-13(17(22)21-16(12)11(10)2)7-8-20-18(23)14-5-6-15(19)24-14/h3-6,9H,7-8H2,1-2H3,(H,20,23)(H,21,22). The lowest BCUT2D eigenvalue weighted by Crippen LogP contribution is -2.27. The molecule has 1 amide bonds. The summed E-state index contributed by atoms with van der Waals surface area (Å²) in [6.07, 6.45) is 0.450.